The third-order valence-electron chi connectivity index (χ3n) is 3.53. The standard InChI is InChI=1S/C15H16ClN3O/c1-10(11-2-4-12(16)5-3-11)18-14-15(20)19(9-8-17-14)13-6-7-13/h2-5,8-10,13H,6-7H2,1H3,(H,17,18). The van der Waals surface area contributed by atoms with Gasteiger partial charge in [0.1, 0.15) is 0 Å². The Labute approximate surface area is 122 Å². The van der Waals surface area contributed by atoms with Crippen LogP contribution in [0.4, 0.5) is 5.82 Å². The van der Waals surface area contributed by atoms with Gasteiger partial charge >= 0.3 is 0 Å². The van der Waals surface area contributed by atoms with E-state index in [1.165, 1.54) is 0 Å². The zero-order valence-corrected chi connectivity index (χ0v) is 12.0. The first-order valence-electron chi connectivity index (χ1n) is 6.74. The Morgan fingerprint density at radius 1 is 1.35 bits per heavy atom. The molecule has 1 aromatic heterocycles. The maximum atomic E-state index is 12.3. The number of hydrogen-bond acceptors (Lipinski definition) is 3. The van der Waals surface area contributed by atoms with Gasteiger partial charge in [-0.05, 0) is 37.5 Å². The van der Waals surface area contributed by atoms with Crippen molar-refractivity contribution in [3.8, 4) is 0 Å². The summed E-state index contributed by atoms with van der Waals surface area (Å²) in [6.45, 7) is 2.00. The lowest BCUT2D eigenvalue weighted by Gasteiger charge is -2.15. The van der Waals surface area contributed by atoms with Gasteiger partial charge < -0.3 is 9.88 Å². The predicted octanol–water partition coefficient (Wildman–Crippen LogP) is 3.40. The van der Waals surface area contributed by atoms with Crippen LogP contribution in [0, 0.1) is 0 Å². The molecular weight excluding hydrogens is 274 g/mol. The van der Waals surface area contributed by atoms with E-state index >= 15 is 0 Å². The molecule has 1 unspecified atom stereocenters. The van der Waals surface area contributed by atoms with E-state index in [1.54, 1.807) is 17.0 Å². The molecule has 1 aromatic carbocycles. The molecule has 0 aliphatic heterocycles. The summed E-state index contributed by atoms with van der Waals surface area (Å²) in [4.78, 5) is 16.4. The molecule has 5 heteroatoms. The second-order valence-corrected chi connectivity index (χ2v) is 5.57. The van der Waals surface area contributed by atoms with Crippen LogP contribution >= 0.6 is 11.6 Å². The molecule has 1 fully saturated rings. The van der Waals surface area contributed by atoms with Gasteiger partial charge in [0.15, 0.2) is 5.82 Å². The first-order chi connectivity index (χ1) is 9.65. The van der Waals surface area contributed by atoms with Gasteiger partial charge in [-0.3, -0.25) is 4.79 Å². The lowest BCUT2D eigenvalue weighted by Crippen LogP contribution is -2.24. The molecular formula is C15H16ClN3O. The SMILES string of the molecule is CC(Nc1nccn(C2CC2)c1=O)c1ccc(Cl)cc1. The van der Waals surface area contributed by atoms with Crippen molar-refractivity contribution in [3.63, 3.8) is 0 Å². The number of nitrogens with zero attached hydrogens (tertiary/aromatic N) is 2. The molecule has 20 heavy (non-hydrogen) atoms. The monoisotopic (exact) mass is 289 g/mol. The van der Waals surface area contributed by atoms with Crippen molar-refractivity contribution >= 4 is 17.4 Å². The van der Waals surface area contributed by atoms with Gasteiger partial charge in [-0.25, -0.2) is 4.98 Å². The normalized spacial score (nSPS) is 15.9. The van der Waals surface area contributed by atoms with E-state index in [2.05, 4.69) is 10.3 Å². The van der Waals surface area contributed by atoms with Crippen LogP contribution in [-0.2, 0) is 0 Å². The number of nitrogens with one attached hydrogen (secondary N) is 1. The molecule has 0 radical (unpaired) electrons. The number of hydrogen-bond donors (Lipinski definition) is 1. The molecule has 0 bridgehead atoms. The second kappa shape index (κ2) is 5.29. The highest BCUT2D eigenvalue weighted by Crippen LogP contribution is 2.33. The quantitative estimate of drug-likeness (QED) is 0.938. The molecule has 3 rings (SSSR count). The molecule has 0 saturated heterocycles. The minimum atomic E-state index is -0.0455. The fourth-order valence-electron chi connectivity index (χ4n) is 2.20. The van der Waals surface area contributed by atoms with E-state index in [9.17, 15) is 4.79 Å². The molecule has 0 amide bonds. The van der Waals surface area contributed by atoms with Crippen LogP contribution in [0.25, 0.3) is 0 Å². The lowest BCUT2D eigenvalue weighted by atomic mass is 10.1. The third kappa shape index (κ3) is 2.70. The average molecular weight is 290 g/mol. The number of benzene rings is 1. The topological polar surface area (TPSA) is 46.9 Å². The zero-order chi connectivity index (χ0) is 14.1. The zero-order valence-electron chi connectivity index (χ0n) is 11.2. The van der Waals surface area contributed by atoms with Crippen molar-refractivity contribution in [1.29, 1.82) is 0 Å². The summed E-state index contributed by atoms with van der Waals surface area (Å²) in [5, 5.41) is 3.89. The largest absolute Gasteiger partial charge is 0.359 e. The Balaban J connectivity index is 1.82. The van der Waals surface area contributed by atoms with Gasteiger partial charge in [0.25, 0.3) is 5.56 Å². The van der Waals surface area contributed by atoms with Crippen LogP contribution in [0.15, 0.2) is 41.5 Å². The molecule has 1 heterocycles. The Morgan fingerprint density at radius 3 is 2.70 bits per heavy atom. The molecule has 0 spiro atoms. The number of aromatic nitrogens is 2. The van der Waals surface area contributed by atoms with Crippen molar-refractivity contribution < 1.29 is 0 Å². The predicted molar refractivity (Wildman–Crippen MR) is 80.3 cm³/mol. The molecule has 1 aliphatic carbocycles. The molecule has 1 atom stereocenters. The van der Waals surface area contributed by atoms with Crippen molar-refractivity contribution in [2.45, 2.75) is 31.8 Å². The average Bonchev–Trinajstić information content (AvgIpc) is 3.26. The van der Waals surface area contributed by atoms with Gasteiger partial charge in [0.05, 0.1) is 6.04 Å². The molecule has 1 N–H and O–H groups in total. The highest BCUT2D eigenvalue weighted by molar-refractivity contribution is 6.30. The van der Waals surface area contributed by atoms with E-state index in [1.807, 2.05) is 31.2 Å². The second-order valence-electron chi connectivity index (χ2n) is 5.14. The molecule has 1 aliphatic rings. The van der Waals surface area contributed by atoms with Crippen LogP contribution in [0.2, 0.25) is 5.02 Å². The highest BCUT2D eigenvalue weighted by Gasteiger charge is 2.25. The van der Waals surface area contributed by atoms with Crippen molar-refractivity contribution in [2.24, 2.45) is 0 Å². The summed E-state index contributed by atoms with van der Waals surface area (Å²) in [6.07, 6.45) is 5.60. The van der Waals surface area contributed by atoms with Gasteiger partial charge in [-0.15, -0.1) is 0 Å². The number of rotatable bonds is 4. The van der Waals surface area contributed by atoms with E-state index in [4.69, 9.17) is 11.6 Å². The van der Waals surface area contributed by atoms with Gasteiger partial charge in [0, 0.05) is 23.5 Å². The maximum Gasteiger partial charge on any atom is 0.293 e. The molecule has 4 nitrogen and oxygen atoms in total. The Kier molecular flexibility index (Phi) is 3.49. The van der Waals surface area contributed by atoms with E-state index in [0.717, 1.165) is 18.4 Å². The minimum Gasteiger partial charge on any atom is -0.359 e. The highest BCUT2D eigenvalue weighted by atomic mass is 35.5. The van der Waals surface area contributed by atoms with Crippen molar-refractivity contribution in [3.05, 3.63) is 57.6 Å². The number of anilines is 1. The molecule has 104 valence electrons. The Bertz CT molecular complexity index is 662. The van der Waals surface area contributed by atoms with Crippen LogP contribution in [0.1, 0.15) is 37.4 Å². The smallest absolute Gasteiger partial charge is 0.293 e. The van der Waals surface area contributed by atoms with Crippen LogP contribution < -0.4 is 10.9 Å². The maximum absolute atomic E-state index is 12.3. The Hall–Kier alpha value is -1.81. The van der Waals surface area contributed by atoms with Crippen LogP contribution in [0.5, 0.6) is 0 Å². The number of halogens is 1. The third-order valence-corrected chi connectivity index (χ3v) is 3.78. The summed E-state index contributed by atoms with van der Waals surface area (Å²) in [6, 6.07) is 7.94. The first-order valence-corrected chi connectivity index (χ1v) is 7.12. The minimum absolute atomic E-state index is 0.00233. The van der Waals surface area contributed by atoms with Crippen molar-refractivity contribution in [2.75, 3.05) is 5.32 Å². The van der Waals surface area contributed by atoms with Gasteiger partial charge in [-0.2, -0.15) is 0 Å². The fraction of sp³-hybridized carbons (Fsp3) is 0.333. The summed E-state index contributed by atoms with van der Waals surface area (Å²) < 4.78 is 1.77. The van der Waals surface area contributed by atoms with Crippen molar-refractivity contribution in [1.82, 2.24) is 9.55 Å². The van der Waals surface area contributed by atoms with E-state index < -0.39 is 0 Å². The van der Waals surface area contributed by atoms with Gasteiger partial charge in [-0.1, -0.05) is 23.7 Å². The van der Waals surface area contributed by atoms with E-state index in [-0.39, 0.29) is 11.6 Å². The van der Waals surface area contributed by atoms with Gasteiger partial charge in [0.2, 0.25) is 0 Å². The van der Waals surface area contributed by atoms with Crippen LogP contribution in [-0.4, -0.2) is 9.55 Å². The Morgan fingerprint density at radius 2 is 2.05 bits per heavy atom. The van der Waals surface area contributed by atoms with Crippen LogP contribution in [0.3, 0.4) is 0 Å². The summed E-state index contributed by atoms with van der Waals surface area (Å²) >= 11 is 5.88. The first kappa shape index (κ1) is 13.2. The summed E-state index contributed by atoms with van der Waals surface area (Å²) in [7, 11) is 0. The molecule has 1 saturated carbocycles. The van der Waals surface area contributed by atoms with E-state index in [0.29, 0.717) is 16.9 Å². The fourth-order valence-corrected chi connectivity index (χ4v) is 2.33. The summed E-state index contributed by atoms with van der Waals surface area (Å²) in [5.41, 5.74) is 1.02. The molecule has 2 aromatic rings. The lowest BCUT2D eigenvalue weighted by molar-refractivity contribution is 0.696. The summed E-state index contributed by atoms with van der Waals surface area (Å²) in [5.74, 6) is 0.404.